The van der Waals surface area contributed by atoms with Gasteiger partial charge in [-0.05, 0) is 38.1 Å². The number of hydrogen-bond donors (Lipinski definition) is 3. The highest BCUT2D eigenvalue weighted by Gasteiger charge is 2.09. The Labute approximate surface area is 180 Å². The van der Waals surface area contributed by atoms with Crippen LogP contribution in [-0.4, -0.2) is 39.2 Å². The van der Waals surface area contributed by atoms with Crippen LogP contribution in [0.5, 0.6) is 0 Å². The molecule has 0 spiro atoms. The van der Waals surface area contributed by atoms with E-state index in [4.69, 9.17) is 8.83 Å². The maximum absolute atomic E-state index is 5.61. The number of rotatable bonds is 8. The van der Waals surface area contributed by atoms with Gasteiger partial charge in [-0.25, -0.2) is 15.0 Å². The molecule has 0 unspecified atom stereocenters. The van der Waals surface area contributed by atoms with Gasteiger partial charge >= 0.3 is 0 Å². The lowest BCUT2D eigenvalue weighted by molar-refractivity contribution is 0.572. The summed E-state index contributed by atoms with van der Waals surface area (Å²) >= 11 is 0. The van der Waals surface area contributed by atoms with Gasteiger partial charge in [-0.2, -0.15) is 5.10 Å². The number of hydrogen-bond acceptors (Lipinski definition) is 6. The van der Waals surface area contributed by atoms with Gasteiger partial charge in [0.05, 0.1) is 12.8 Å². The highest BCUT2D eigenvalue weighted by molar-refractivity contribution is 5.79. The quantitative estimate of drug-likeness (QED) is 0.296. The molecule has 9 nitrogen and oxygen atoms in total. The zero-order valence-corrected chi connectivity index (χ0v) is 17.6. The van der Waals surface area contributed by atoms with Gasteiger partial charge in [0.2, 0.25) is 11.7 Å². The third-order valence-electron chi connectivity index (χ3n) is 4.52. The maximum Gasteiger partial charge on any atom is 0.226 e. The van der Waals surface area contributed by atoms with Gasteiger partial charge in [0.25, 0.3) is 0 Å². The molecule has 0 saturated heterocycles. The normalized spacial score (nSPS) is 11.6. The fraction of sp³-hybridized carbons (Fsp3) is 0.273. The fourth-order valence-electron chi connectivity index (χ4n) is 2.93. The lowest BCUT2D eigenvalue weighted by atomic mass is 10.1. The number of nitrogens with one attached hydrogen (secondary N) is 3. The Balaban J connectivity index is 1.32. The first kappa shape index (κ1) is 20.4. The summed E-state index contributed by atoms with van der Waals surface area (Å²) in [5.41, 5.74) is 2.92. The number of aromatic nitrogens is 4. The van der Waals surface area contributed by atoms with E-state index in [1.54, 1.807) is 12.5 Å². The van der Waals surface area contributed by atoms with Crippen LogP contribution in [0.15, 0.2) is 62.8 Å². The van der Waals surface area contributed by atoms with Crippen LogP contribution in [0.3, 0.4) is 0 Å². The van der Waals surface area contributed by atoms with Crippen molar-refractivity contribution < 1.29 is 8.83 Å². The molecule has 0 aliphatic carbocycles. The molecule has 160 valence electrons. The third kappa shape index (κ3) is 5.39. The summed E-state index contributed by atoms with van der Waals surface area (Å²) in [6.45, 7) is 5.88. The van der Waals surface area contributed by atoms with E-state index in [1.807, 2.05) is 43.3 Å². The van der Waals surface area contributed by atoms with E-state index in [1.165, 1.54) is 5.56 Å². The summed E-state index contributed by atoms with van der Waals surface area (Å²) in [7, 11) is 0. The predicted octanol–water partition coefficient (Wildman–Crippen LogP) is 3.33. The standard InChI is InChI=1S/C22H25N7O2/c1-3-23-22(24-11-10-19-27-20(29-28-19)18-5-4-12-30-18)25-13-17-14-31-21(26-17)16-8-6-15(2)7-9-16/h4-9,12,14H,3,10-11,13H2,1-2H3,(H2,23,24,25)(H,27,28,29). The monoisotopic (exact) mass is 419 g/mol. The van der Waals surface area contributed by atoms with Gasteiger partial charge in [-0.15, -0.1) is 0 Å². The Morgan fingerprint density at radius 2 is 1.97 bits per heavy atom. The van der Waals surface area contributed by atoms with Gasteiger partial charge in [0.15, 0.2) is 11.7 Å². The minimum atomic E-state index is 0.412. The number of oxazole rings is 1. The highest BCUT2D eigenvalue weighted by atomic mass is 16.3. The molecule has 9 heteroatoms. The Hall–Kier alpha value is -3.88. The van der Waals surface area contributed by atoms with E-state index in [0.717, 1.165) is 23.6 Å². The summed E-state index contributed by atoms with van der Waals surface area (Å²) in [5, 5.41) is 13.6. The molecule has 0 fully saturated rings. The smallest absolute Gasteiger partial charge is 0.226 e. The van der Waals surface area contributed by atoms with E-state index >= 15 is 0 Å². The van der Waals surface area contributed by atoms with Crippen LogP contribution in [0.4, 0.5) is 0 Å². The van der Waals surface area contributed by atoms with Crippen molar-refractivity contribution in [1.82, 2.24) is 30.8 Å². The summed E-state index contributed by atoms with van der Waals surface area (Å²) in [5.74, 6) is 3.27. The Morgan fingerprint density at radius 3 is 2.74 bits per heavy atom. The van der Waals surface area contributed by atoms with Crippen LogP contribution in [0, 0.1) is 6.92 Å². The van der Waals surface area contributed by atoms with Crippen molar-refractivity contribution in [1.29, 1.82) is 0 Å². The molecule has 0 aliphatic heterocycles. The maximum atomic E-state index is 5.61. The first-order chi connectivity index (χ1) is 15.2. The largest absolute Gasteiger partial charge is 0.461 e. The number of furan rings is 1. The molecule has 0 aliphatic rings. The molecule has 0 atom stereocenters. The van der Waals surface area contributed by atoms with Crippen molar-refractivity contribution in [2.24, 2.45) is 4.99 Å². The van der Waals surface area contributed by atoms with Crippen LogP contribution in [0.2, 0.25) is 0 Å². The fourth-order valence-corrected chi connectivity index (χ4v) is 2.93. The van der Waals surface area contributed by atoms with Gasteiger partial charge in [0.1, 0.15) is 17.8 Å². The first-order valence-electron chi connectivity index (χ1n) is 10.2. The molecule has 3 aromatic heterocycles. The minimum absolute atomic E-state index is 0.412. The number of benzene rings is 1. The van der Waals surface area contributed by atoms with Gasteiger partial charge in [-0.3, -0.25) is 5.10 Å². The molecule has 1 aromatic carbocycles. The van der Waals surface area contributed by atoms with Crippen molar-refractivity contribution in [2.45, 2.75) is 26.8 Å². The van der Waals surface area contributed by atoms with Crippen molar-refractivity contribution >= 4 is 5.96 Å². The number of nitrogens with zero attached hydrogens (tertiary/aromatic N) is 4. The van der Waals surface area contributed by atoms with Crippen LogP contribution in [0.25, 0.3) is 23.0 Å². The predicted molar refractivity (Wildman–Crippen MR) is 117 cm³/mol. The van der Waals surface area contributed by atoms with Gasteiger partial charge in [-0.1, -0.05) is 17.7 Å². The molecule has 4 aromatic rings. The lowest BCUT2D eigenvalue weighted by Crippen LogP contribution is -2.38. The summed E-state index contributed by atoms with van der Waals surface area (Å²) in [6, 6.07) is 11.7. The molecule has 0 saturated carbocycles. The molecule has 0 amide bonds. The van der Waals surface area contributed by atoms with Crippen molar-refractivity contribution in [3.63, 3.8) is 0 Å². The van der Waals surface area contributed by atoms with Crippen LogP contribution in [0.1, 0.15) is 24.0 Å². The Bertz CT molecular complexity index is 1110. The van der Waals surface area contributed by atoms with Crippen molar-refractivity contribution in [3.05, 3.63) is 66.0 Å². The molecule has 3 N–H and O–H groups in total. The molecular weight excluding hydrogens is 394 g/mol. The van der Waals surface area contributed by atoms with E-state index in [0.29, 0.717) is 42.9 Å². The molecule has 3 heterocycles. The third-order valence-corrected chi connectivity index (χ3v) is 4.52. The number of guanidine groups is 1. The zero-order valence-electron chi connectivity index (χ0n) is 17.6. The van der Waals surface area contributed by atoms with E-state index in [-0.39, 0.29) is 0 Å². The highest BCUT2D eigenvalue weighted by Crippen LogP contribution is 2.19. The summed E-state index contributed by atoms with van der Waals surface area (Å²) in [6.07, 6.45) is 3.91. The number of aryl methyl sites for hydroxylation is 1. The van der Waals surface area contributed by atoms with E-state index in [9.17, 15) is 0 Å². The SMILES string of the molecule is CCNC(=NCc1coc(-c2ccc(C)cc2)n1)NCCc1nc(-c2ccco2)n[nH]1. The van der Waals surface area contributed by atoms with Gasteiger partial charge < -0.3 is 19.5 Å². The second-order valence-electron chi connectivity index (χ2n) is 6.96. The molecular formula is C22H25N7O2. The number of H-pyrrole nitrogens is 1. The number of aromatic amines is 1. The van der Waals surface area contributed by atoms with Crippen LogP contribution < -0.4 is 10.6 Å². The summed E-state index contributed by atoms with van der Waals surface area (Å²) < 4.78 is 10.9. The molecule has 0 radical (unpaired) electrons. The van der Waals surface area contributed by atoms with Crippen LogP contribution in [-0.2, 0) is 13.0 Å². The molecule has 31 heavy (non-hydrogen) atoms. The molecule has 0 bridgehead atoms. The second kappa shape index (κ2) is 9.75. The Morgan fingerprint density at radius 1 is 1.10 bits per heavy atom. The lowest BCUT2D eigenvalue weighted by Gasteiger charge is -2.09. The topological polar surface area (TPSA) is 117 Å². The van der Waals surface area contributed by atoms with Gasteiger partial charge in [0, 0.05) is 25.1 Å². The first-order valence-corrected chi connectivity index (χ1v) is 10.2. The van der Waals surface area contributed by atoms with E-state index in [2.05, 4.69) is 42.7 Å². The average molecular weight is 419 g/mol. The summed E-state index contributed by atoms with van der Waals surface area (Å²) in [4.78, 5) is 13.6. The zero-order chi connectivity index (χ0) is 21.5. The average Bonchev–Trinajstić information content (AvgIpc) is 3.54. The van der Waals surface area contributed by atoms with Crippen LogP contribution >= 0.6 is 0 Å². The minimum Gasteiger partial charge on any atom is -0.461 e. The van der Waals surface area contributed by atoms with E-state index < -0.39 is 0 Å². The Kier molecular flexibility index (Phi) is 6.41. The molecule has 4 rings (SSSR count). The number of aliphatic imine (C=N–C) groups is 1. The second-order valence-corrected chi connectivity index (χ2v) is 6.96. The van der Waals surface area contributed by atoms with Crippen molar-refractivity contribution in [2.75, 3.05) is 13.1 Å². The van der Waals surface area contributed by atoms with Crippen molar-refractivity contribution in [3.8, 4) is 23.0 Å².